The number of hydrogen-bond donors (Lipinski definition) is 3. The summed E-state index contributed by atoms with van der Waals surface area (Å²) in [6.07, 6.45) is 2.85. The molecule has 39 heavy (non-hydrogen) atoms. The van der Waals surface area contributed by atoms with E-state index in [0.717, 1.165) is 49.2 Å². The van der Waals surface area contributed by atoms with Gasteiger partial charge in [0.05, 0.1) is 20.3 Å². The lowest BCUT2D eigenvalue weighted by Crippen LogP contribution is -2.41. The normalized spacial score (nSPS) is 18.0. The number of hydrogen-bond acceptors (Lipinski definition) is 7. The first-order valence-corrected chi connectivity index (χ1v) is 13.9. The Kier molecular flexibility index (Phi) is 10.8. The summed E-state index contributed by atoms with van der Waals surface area (Å²) in [4.78, 5) is 24.8. The summed E-state index contributed by atoms with van der Waals surface area (Å²) in [6, 6.07) is 11.3. The summed E-state index contributed by atoms with van der Waals surface area (Å²) in [5.41, 5.74) is 3.20. The molecule has 2 aliphatic rings. The maximum absolute atomic E-state index is 13.3. The van der Waals surface area contributed by atoms with E-state index in [9.17, 15) is 9.59 Å². The van der Waals surface area contributed by atoms with Gasteiger partial charge in [-0.1, -0.05) is 23.7 Å². The third kappa shape index (κ3) is 8.08. The van der Waals surface area contributed by atoms with E-state index in [1.807, 2.05) is 31.3 Å². The number of carbonyl (C=O) groups excluding carboxylic acids is 2. The fraction of sp³-hybridized carbons (Fsp3) is 0.517. The highest BCUT2D eigenvalue weighted by Crippen LogP contribution is 2.38. The topological polar surface area (TPSA) is 107 Å². The minimum atomic E-state index is -0.526. The van der Waals surface area contributed by atoms with E-state index in [2.05, 4.69) is 20.7 Å². The van der Waals surface area contributed by atoms with Crippen LogP contribution in [0.3, 0.4) is 0 Å². The van der Waals surface area contributed by atoms with Gasteiger partial charge < -0.3 is 34.9 Å². The molecule has 0 aliphatic carbocycles. The summed E-state index contributed by atoms with van der Waals surface area (Å²) in [7, 11) is 3.23. The van der Waals surface area contributed by atoms with E-state index in [-0.39, 0.29) is 25.1 Å². The fourth-order valence-electron chi connectivity index (χ4n) is 5.15. The predicted octanol–water partition coefficient (Wildman–Crippen LogP) is 3.87. The van der Waals surface area contributed by atoms with Crippen molar-refractivity contribution >= 4 is 23.6 Å². The Morgan fingerprint density at radius 3 is 2.79 bits per heavy atom. The molecule has 10 heteroatoms. The first-order chi connectivity index (χ1) is 19.0. The third-order valence-corrected chi connectivity index (χ3v) is 7.42. The molecule has 1 fully saturated rings. The van der Waals surface area contributed by atoms with Crippen LogP contribution in [0.15, 0.2) is 36.4 Å². The van der Waals surface area contributed by atoms with Gasteiger partial charge in [-0.3, -0.25) is 4.79 Å². The Hall–Kier alpha value is -2.85. The summed E-state index contributed by atoms with van der Waals surface area (Å²) < 4.78 is 22.4. The van der Waals surface area contributed by atoms with Gasteiger partial charge in [-0.15, -0.1) is 0 Å². The molecule has 2 aromatic rings. The number of nitrogens with one attached hydrogen (secondary N) is 3. The molecule has 9 nitrogen and oxygen atoms in total. The van der Waals surface area contributed by atoms with Crippen molar-refractivity contribution < 1.29 is 28.5 Å². The van der Waals surface area contributed by atoms with E-state index < -0.39 is 12.2 Å². The molecule has 0 radical (unpaired) electrons. The Balaban J connectivity index is 1.52. The zero-order valence-corrected chi connectivity index (χ0v) is 23.4. The predicted molar refractivity (Wildman–Crippen MR) is 149 cm³/mol. The monoisotopic (exact) mass is 559 g/mol. The van der Waals surface area contributed by atoms with Crippen molar-refractivity contribution in [2.24, 2.45) is 5.92 Å². The quantitative estimate of drug-likeness (QED) is 0.339. The number of carbonyl (C=O) groups is 2. The average Bonchev–Trinajstić information content (AvgIpc) is 3.44. The van der Waals surface area contributed by atoms with E-state index in [1.54, 1.807) is 12.1 Å². The number of fused-ring (bicyclic) bond motifs is 1. The van der Waals surface area contributed by atoms with Gasteiger partial charge in [-0.05, 0) is 67.6 Å². The van der Waals surface area contributed by atoms with Crippen molar-refractivity contribution in [3.05, 3.63) is 63.7 Å². The van der Waals surface area contributed by atoms with Crippen LogP contribution in [0.2, 0.25) is 5.02 Å². The Bertz CT molecular complexity index is 1120. The molecule has 212 valence electrons. The van der Waals surface area contributed by atoms with Crippen molar-refractivity contribution in [3.8, 4) is 5.75 Å². The van der Waals surface area contributed by atoms with Crippen molar-refractivity contribution in [1.82, 2.24) is 16.0 Å². The average molecular weight is 560 g/mol. The van der Waals surface area contributed by atoms with Gasteiger partial charge in [0.1, 0.15) is 11.9 Å². The maximum Gasteiger partial charge on any atom is 0.406 e. The fourth-order valence-corrected chi connectivity index (χ4v) is 5.34. The van der Waals surface area contributed by atoms with Crippen LogP contribution in [0, 0.1) is 5.92 Å². The van der Waals surface area contributed by atoms with Crippen molar-refractivity contribution in [2.75, 3.05) is 53.7 Å². The molecule has 4 rings (SSSR count). The molecule has 2 aliphatic heterocycles. The van der Waals surface area contributed by atoms with Crippen LogP contribution < -0.4 is 20.7 Å². The molecule has 3 unspecified atom stereocenters. The molecule has 2 aromatic carbocycles. The van der Waals surface area contributed by atoms with E-state index >= 15 is 0 Å². The molecule has 2 heterocycles. The van der Waals surface area contributed by atoms with Gasteiger partial charge in [-0.25, -0.2) is 4.79 Å². The van der Waals surface area contributed by atoms with Crippen LogP contribution in [0.4, 0.5) is 4.79 Å². The van der Waals surface area contributed by atoms with E-state index in [1.165, 1.54) is 7.11 Å². The second kappa shape index (κ2) is 14.5. The number of amides is 2. The molecule has 3 N–H and O–H groups in total. The first-order valence-electron chi connectivity index (χ1n) is 13.5. The molecule has 0 saturated carbocycles. The molecular formula is C29H38ClN3O6. The minimum absolute atomic E-state index is 0.149. The zero-order valence-electron chi connectivity index (χ0n) is 22.6. The number of rotatable bonds is 12. The number of ether oxygens (including phenoxy) is 4. The highest BCUT2D eigenvalue weighted by atomic mass is 35.5. The molecule has 0 spiro atoms. The second-order valence-corrected chi connectivity index (χ2v) is 10.3. The van der Waals surface area contributed by atoms with Crippen LogP contribution >= 0.6 is 11.6 Å². The largest absolute Gasteiger partial charge is 0.493 e. The van der Waals surface area contributed by atoms with Gasteiger partial charge in [0.2, 0.25) is 0 Å². The maximum atomic E-state index is 13.3. The number of benzene rings is 2. The van der Waals surface area contributed by atoms with E-state index in [4.69, 9.17) is 25.8 Å². The molecular weight excluding hydrogens is 522 g/mol. The lowest BCUT2D eigenvalue weighted by Gasteiger charge is -2.26. The first kappa shape index (κ1) is 29.1. The lowest BCUT2D eigenvalue weighted by atomic mass is 9.92. The SMILES string of the molecule is CNC(CNC(=O)c1cc2c(c(C(OCCNC(=O)OC)c3cccc(Cl)c3)c1)CCO2)CC1CCCOC1. The van der Waals surface area contributed by atoms with Crippen LogP contribution in [0.25, 0.3) is 0 Å². The summed E-state index contributed by atoms with van der Waals surface area (Å²) in [5, 5.41) is 9.64. The third-order valence-electron chi connectivity index (χ3n) is 7.18. The smallest absolute Gasteiger partial charge is 0.406 e. The van der Waals surface area contributed by atoms with Crippen molar-refractivity contribution in [1.29, 1.82) is 0 Å². The highest BCUT2D eigenvalue weighted by Gasteiger charge is 2.27. The summed E-state index contributed by atoms with van der Waals surface area (Å²) >= 11 is 6.32. The van der Waals surface area contributed by atoms with Crippen molar-refractivity contribution in [3.63, 3.8) is 0 Å². The van der Waals surface area contributed by atoms with Crippen LogP contribution in [0.1, 0.15) is 52.4 Å². The number of alkyl carbamates (subject to hydrolysis) is 1. The van der Waals surface area contributed by atoms with Crippen LogP contribution in [0.5, 0.6) is 5.75 Å². The van der Waals surface area contributed by atoms with Crippen LogP contribution in [-0.4, -0.2) is 71.7 Å². The summed E-state index contributed by atoms with van der Waals surface area (Å²) in [6.45, 7) is 3.14. The minimum Gasteiger partial charge on any atom is -0.493 e. The number of methoxy groups -OCH3 is 1. The van der Waals surface area contributed by atoms with Gasteiger partial charge in [-0.2, -0.15) is 0 Å². The number of halogens is 1. The molecule has 1 saturated heterocycles. The molecule has 0 bridgehead atoms. The van der Waals surface area contributed by atoms with Crippen LogP contribution in [-0.2, 0) is 20.6 Å². The zero-order chi connectivity index (χ0) is 27.6. The number of likely N-dealkylation sites (N-methyl/N-ethyl adjacent to an activating group) is 1. The molecule has 2 amide bonds. The molecule has 3 atom stereocenters. The van der Waals surface area contributed by atoms with Crippen molar-refractivity contribution in [2.45, 2.75) is 37.8 Å². The Labute approximate surface area is 234 Å². The van der Waals surface area contributed by atoms with Gasteiger partial charge in [0.25, 0.3) is 5.91 Å². The Morgan fingerprint density at radius 1 is 1.18 bits per heavy atom. The van der Waals surface area contributed by atoms with E-state index in [0.29, 0.717) is 41.8 Å². The Morgan fingerprint density at radius 2 is 2.05 bits per heavy atom. The standard InChI is InChI=1S/C29H38ClN3O6/c1-31-23(13-19-5-4-10-37-18-19)17-33-28(34)21-15-25(24-8-11-38-26(24)16-21)27(20-6-3-7-22(30)14-20)39-12-9-32-29(35)36-2/h3,6-7,14-16,19,23,27,31H,4-5,8-13,17-18H2,1-2H3,(H,32,35)(H,33,34). The molecule has 0 aromatic heterocycles. The van der Waals surface area contributed by atoms with Gasteiger partial charge in [0.15, 0.2) is 0 Å². The highest BCUT2D eigenvalue weighted by molar-refractivity contribution is 6.30. The lowest BCUT2D eigenvalue weighted by molar-refractivity contribution is 0.0478. The van der Waals surface area contributed by atoms with Gasteiger partial charge >= 0.3 is 6.09 Å². The van der Waals surface area contributed by atoms with Gasteiger partial charge in [0, 0.05) is 54.9 Å². The summed E-state index contributed by atoms with van der Waals surface area (Å²) in [5.74, 6) is 1.01. The second-order valence-electron chi connectivity index (χ2n) is 9.88.